The molecule has 24 heavy (non-hydrogen) atoms. The highest BCUT2D eigenvalue weighted by Crippen LogP contribution is 2.28. The van der Waals surface area contributed by atoms with E-state index >= 15 is 0 Å². The van der Waals surface area contributed by atoms with Crippen LogP contribution in [0.3, 0.4) is 0 Å². The second-order valence-electron chi connectivity index (χ2n) is 5.65. The number of rotatable bonds is 7. The minimum atomic E-state index is -0.266. The fourth-order valence-electron chi connectivity index (χ4n) is 2.15. The first-order chi connectivity index (χ1) is 11.5. The second kappa shape index (κ2) is 8.24. The SMILES string of the molecule is COc1cc(C)ccc1OCC(=O)Nc1ccccc1OC(C)C. The Morgan fingerprint density at radius 3 is 2.54 bits per heavy atom. The quantitative estimate of drug-likeness (QED) is 0.839. The molecule has 1 amide bonds. The Hall–Kier alpha value is -2.69. The van der Waals surface area contributed by atoms with Crippen molar-refractivity contribution in [2.24, 2.45) is 0 Å². The van der Waals surface area contributed by atoms with Gasteiger partial charge in [-0.25, -0.2) is 0 Å². The van der Waals surface area contributed by atoms with Gasteiger partial charge in [-0.2, -0.15) is 0 Å². The summed E-state index contributed by atoms with van der Waals surface area (Å²) in [6, 6.07) is 12.9. The van der Waals surface area contributed by atoms with Gasteiger partial charge in [0.2, 0.25) is 0 Å². The molecule has 0 aliphatic carbocycles. The zero-order valence-electron chi connectivity index (χ0n) is 14.5. The predicted octanol–water partition coefficient (Wildman–Crippen LogP) is 3.81. The number of hydrogen-bond donors (Lipinski definition) is 1. The molecule has 0 atom stereocenters. The van der Waals surface area contributed by atoms with Crippen LogP contribution in [0.4, 0.5) is 5.69 Å². The number of anilines is 1. The van der Waals surface area contributed by atoms with Crippen molar-refractivity contribution >= 4 is 11.6 Å². The van der Waals surface area contributed by atoms with Crippen molar-refractivity contribution in [3.05, 3.63) is 48.0 Å². The molecule has 0 saturated carbocycles. The van der Waals surface area contributed by atoms with Gasteiger partial charge in [0.15, 0.2) is 18.1 Å². The van der Waals surface area contributed by atoms with Crippen LogP contribution in [-0.2, 0) is 4.79 Å². The van der Waals surface area contributed by atoms with Crippen molar-refractivity contribution in [2.45, 2.75) is 26.9 Å². The van der Waals surface area contributed by atoms with E-state index in [0.29, 0.717) is 22.9 Å². The van der Waals surface area contributed by atoms with Crippen LogP contribution in [0, 0.1) is 6.92 Å². The molecule has 0 aliphatic heterocycles. The van der Waals surface area contributed by atoms with Crippen molar-refractivity contribution in [2.75, 3.05) is 19.0 Å². The Morgan fingerprint density at radius 2 is 1.83 bits per heavy atom. The van der Waals surface area contributed by atoms with Crippen molar-refractivity contribution < 1.29 is 19.0 Å². The van der Waals surface area contributed by atoms with E-state index in [2.05, 4.69) is 5.32 Å². The van der Waals surface area contributed by atoms with Gasteiger partial charge in [0.25, 0.3) is 5.91 Å². The minimum absolute atomic E-state index is 0.0242. The van der Waals surface area contributed by atoms with E-state index in [0.717, 1.165) is 5.56 Å². The van der Waals surface area contributed by atoms with Gasteiger partial charge in [-0.3, -0.25) is 4.79 Å². The fraction of sp³-hybridized carbons (Fsp3) is 0.316. The first-order valence-electron chi connectivity index (χ1n) is 7.82. The number of para-hydroxylation sites is 2. The molecule has 0 heterocycles. The number of hydrogen-bond acceptors (Lipinski definition) is 4. The topological polar surface area (TPSA) is 56.8 Å². The lowest BCUT2D eigenvalue weighted by Crippen LogP contribution is -2.21. The normalized spacial score (nSPS) is 10.4. The highest BCUT2D eigenvalue weighted by molar-refractivity contribution is 5.93. The van der Waals surface area contributed by atoms with E-state index in [4.69, 9.17) is 14.2 Å². The number of ether oxygens (including phenoxy) is 3. The maximum absolute atomic E-state index is 12.2. The smallest absolute Gasteiger partial charge is 0.262 e. The molecule has 2 rings (SSSR count). The summed E-state index contributed by atoms with van der Waals surface area (Å²) in [7, 11) is 1.57. The van der Waals surface area contributed by atoms with Gasteiger partial charge in [0.05, 0.1) is 18.9 Å². The summed E-state index contributed by atoms with van der Waals surface area (Å²) in [5, 5.41) is 2.81. The van der Waals surface area contributed by atoms with Crippen LogP contribution in [0.5, 0.6) is 17.2 Å². The molecule has 2 aromatic rings. The largest absolute Gasteiger partial charge is 0.493 e. The Morgan fingerprint density at radius 1 is 1.08 bits per heavy atom. The molecule has 5 nitrogen and oxygen atoms in total. The first kappa shape index (κ1) is 17.7. The monoisotopic (exact) mass is 329 g/mol. The molecule has 0 radical (unpaired) electrons. The highest BCUT2D eigenvalue weighted by Gasteiger charge is 2.11. The fourth-order valence-corrected chi connectivity index (χ4v) is 2.15. The van der Waals surface area contributed by atoms with Crippen molar-refractivity contribution in [3.63, 3.8) is 0 Å². The van der Waals surface area contributed by atoms with Crippen LogP contribution >= 0.6 is 0 Å². The number of carbonyl (C=O) groups is 1. The third-order valence-corrected chi connectivity index (χ3v) is 3.20. The van der Waals surface area contributed by atoms with E-state index in [-0.39, 0.29) is 18.6 Å². The average molecular weight is 329 g/mol. The van der Waals surface area contributed by atoms with E-state index in [1.807, 2.05) is 51.1 Å². The molecule has 0 aromatic heterocycles. The molecular formula is C19H23NO4. The molecule has 1 N–H and O–H groups in total. The summed E-state index contributed by atoms with van der Waals surface area (Å²) in [6.45, 7) is 5.72. The summed E-state index contributed by atoms with van der Waals surface area (Å²) in [5.41, 5.74) is 1.68. The molecule has 0 saturated heterocycles. The molecule has 0 bridgehead atoms. The van der Waals surface area contributed by atoms with Crippen LogP contribution in [0.15, 0.2) is 42.5 Å². The summed E-state index contributed by atoms with van der Waals surface area (Å²) in [5.74, 6) is 1.50. The standard InChI is InChI=1S/C19H23NO4/c1-13(2)24-16-8-6-5-7-15(16)20-19(21)12-23-17-10-9-14(3)11-18(17)22-4/h5-11,13H,12H2,1-4H3,(H,20,21). The Bertz CT molecular complexity index is 698. The summed E-state index contributed by atoms with van der Waals surface area (Å²) in [6.07, 6.45) is 0.0242. The lowest BCUT2D eigenvalue weighted by atomic mass is 10.2. The van der Waals surface area contributed by atoms with Crippen LogP contribution < -0.4 is 19.5 Å². The molecule has 0 spiro atoms. The number of aryl methyl sites for hydroxylation is 1. The summed E-state index contributed by atoms with van der Waals surface area (Å²) >= 11 is 0. The number of carbonyl (C=O) groups excluding carboxylic acids is 1. The van der Waals surface area contributed by atoms with Crippen molar-refractivity contribution in [3.8, 4) is 17.2 Å². The summed E-state index contributed by atoms with van der Waals surface area (Å²) in [4.78, 5) is 12.2. The molecule has 5 heteroatoms. The van der Waals surface area contributed by atoms with E-state index in [1.165, 1.54) is 0 Å². The van der Waals surface area contributed by atoms with Crippen LogP contribution in [0.25, 0.3) is 0 Å². The Balaban J connectivity index is 1.99. The van der Waals surface area contributed by atoms with Gasteiger partial charge in [-0.1, -0.05) is 18.2 Å². The second-order valence-corrected chi connectivity index (χ2v) is 5.65. The van der Waals surface area contributed by atoms with Gasteiger partial charge in [-0.15, -0.1) is 0 Å². The molecule has 0 aliphatic rings. The van der Waals surface area contributed by atoms with E-state index < -0.39 is 0 Å². The maximum atomic E-state index is 12.2. The molecule has 128 valence electrons. The number of nitrogens with one attached hydrogen (secondary N) is 1. The maximum Gasteiger partial charge on any atom is 0.262 e. The summed E-state index contributed by atoms with van der Waals surface area (Å²) < 4.78 is 16.5. The van der Waals surface area contributed by atoms with Crippen LogP contribution in [0.1, 0.15) is 19.4 Å². The van der Waals surface area contributed by atoms with E-state index in [9.17, 15) is 4.79 Å². The molecule has 0 unspecified atom stereocenters. The lowest BCUT2D eigenvalue weighted by Gasteiger charge is -2.15. The van der Waals surface area contributed by atoms with Gasteiger partial charge in [0, 0.05) is 0 Å². The highest BCUT2D eigenvalue weighted by atomic mass is 16.5. The minimum Gasteiger partial charge on any atom is -0.493 e. The van der Waals surface area contributed by atoms with Gasteiger partial charge in [-0.05, 0) is 50.6 Å². The third kappa shape index (κ3) is 4.91. The number of methoxy groups -OCH3 is 1. The zero-order chi connectivity index (χ0) is 17.5. The number of amides is 1. The van der Waals surface area contributed by atoms with Gasteiger partial charge in [0.1, 0.15) is 5.75 Å². The van der Waals surface area contributed by atoms with Gasteiger partial charge >= 0.3 is 0 Å². The van der Waals surface area contributed by atoms with Crippen molar-refractivity contribution in [1.82, 2.24) is 0 Å². The van der Waals surface area contributed by atoms with E-state index in [1.54, 1.807) is 19.2 Å². The molecular weight excluding hydrogens is 306 g/mol. The van der Waals surface area contributed by atoms with Crippen molar-refractivity contribution in [1.29, 1.82) is 0 Å². The Labute approximate surface area is 142 Å². The number of benzene rings is 2. The van der Waals surface area contributed by atoms with Crippen LogP contribution in [-0.4, -0.2) is 25.7 Å². The average Bonchev–Trinajstić information content (AvgIpc) is 2.55. The first-order valence-corrected chi connectivity index (χ1v) is 7.82. The third-order valence-electron chi connectivity index (χ3n) is 3.20. The Kier molecular flexibility index (Phi) is 6.07. The van der Waals surface area contributed by atoms with Gasteiger partial charge < -0.3 is 19.5 Å². The lowest BCUT2D eigenvalue weighted by molar-refractivity contribution is -0.118. The molecule has 0 fully saturated rings. The van der Waals surface area contributed by atoms with Crippen LogP contribution in [0.2, 0.25) is 0 Å². The molecule has 2 aromatic carbocycles. The predicted molar refractivity (Wildman–Crippen MR) is 94.1 cm³/mol. The zero-order valence-corrected chi connectivity index (χ0v) is 14.5.